The van der Waals surface area contributed by atoms with Crippen molar-refractivity contribution in [2.75, 3.05) is 11.9 Å². The van der Waals surface area contributed by atoms with E-state index in [9.17, 15) is 18.0 Å². The summed E-state index contributed by atoms with van der Waals surface area (Å²) in [5, 5.41) is 6.22. The van der Waals surface area contributed by atoms with Crippen molar-refractivity contribution in [2.45, 2.75) is 51.5 Å². The first-order valence-electron chi connectivity index (χ1n) is 9.19. The molecule has 0 bridgehead atoms. The number of nitrogens with zero attached hydrogens (tertiary/aromatic N) is 1. The van der Waals surface area contributed by atoms with Crippen LogP contribution in [0.3, 0.4) is 0 Å². The van der Waals surface area contributed by atoms with Crippen molar-refractivity contribution in [3.63, 3.8) is 0 Å². The van der Waals surface area contributed by atoms with E-state index in [4.69, 9.17) is 9.26 Å². The van der Waals surface area contributed by atoms with Crippen molar-refractivity contribution in [3.8, 4) is 0 Å². The molecule has 9 nitrogen and oxygen atoms in total. The third-order valence-electron chi connectivity index (χ3n) is 4.08. The zero-order chi connectivity index (χ0) is 21.6. The molecule has 1 heterocycles. The number of unbranched alkanes of at least 4 members (excludes halogenated alkanes) is 1. The highest BCUT2D eigenvalue weighted by Crippen LogP contribution is 2.19. The van der Waals surface area contributed by atoms with Crippen LogP contribution in [0, 0.1) is 13.8 Å². The maximum absolute atomic E-state index is 12.5. The van der Waals surface area contributed by atoms with Crippen LogP contribution < -0.4 is 10.0 Å². The molecule has 0 aliphatic rings. The fraction of sp³-hybridized carbons (Fsp3) is 0.421. The molecule has 0 unspecified atom stereocenters. The number of aromatic nitrogens is 1. The van der Waals surface area contributed by atoms with Gasteiger partial charge in [-0.15, -0.1) is 0 Å². The number of nitrogens with one attached hydrogen (secondary N) is 2. The Morgan fingerprint density at radius 2 is 1.86 bits per heavy atom. The number of ether oxygens (including phenoxy) is 1. The molecule has 10 heteroatoms. The number of carbonyl (C=O) groups is 2. The molecule has 158 valence electrons. The summed E-state index contributed by atoms with van der Waals surface area (Å²) < 4.78 is 37.3. The Balaban J connectivity index is 1.98. The van der Waals surface area contributed by atoms with Crippen LogP contribution in [-0.2, 0) is 19.6 Å². The van der Waals surface area contributed by atoms with E-state index in [1.165, 1.54) is 32.9 Å². The molecule has 0 fully saturated rings. The van der Waals surface area contributed by atoms with Crippen molar-refractivity contribution < 1.29 is 27.3 Å². The SMILES string of the molecule is CCCCOC(=O)c1ccc(NC(=O)[C@H](C)NS(=O)(=O)c2c(C)noc2C)cc1. The Hall–Kier alpha value is -2.72. The van der Waals surface area contributed by atoms with Crippen molar-refractivity contribution >= 4 is 27.6 Å². The highest BCUT2D eigenvalue weighted by atomic mass is 32.2. The molecule has 0 spiro atoms. The number of benzene rings is 1. The molecule has 0 aliphatic heterocycles. The number of esters is 1. The Bertz CT molecular complexity index is 947. The summed E-state index contributed by atoms with van der Waals surface area (Å²) in [5.41, 5.74) is 0.999. The molecule has 0 saturated carbocycles. The normalized spacial score (nSPS) is 12.4. The minimum absolute atomic E-state index is 0.0805. The zero-order valence-electron chi connectivity index (χ0n) is 16.8. The van der Waals surface area contributed by atoms with Gasteiger partial charge in [-0.05, 0) is 51.5 Å². The molecule has 2 aromatic rings. The average Bonchev–Trinajstić information content (AvgIpc) is 3.01. The molecule has 1 atom stereocenters. The summed E-state index contributed by atoms with van der Waals surface area (Å²) >= 11 is 0. The van der Waals surface area contributed by atoms with Gasteiger partial charge in [0.2, 0.25) is 15.9 Å². The van der Waals surface area contributed by atoms with Gasteiger partial charge in [0.15, 0.2) is 5.76 Å². The largest absolute Gasteiger partial charge is 0.462 e. The van der Waals surface area contributed by atoms with Crippen LogP contribution in [0.1, 0.15) is 48.5 Å². The van der Waals surface area contributed by atoms with Gasteiger partial charge in [0.05, 0.1) is 18.2 Å². The molecule has 0 saturated heterocycles. The highest BCUT2D eigenvalue weighted by Gasteiger charge is 2.28. The van der Waals surface area contributed by atoms with E-state index in [0.29, 0.717) is 17.9 Å². The smallest absolute Gasteiger partial charge is 0.338 e. The first-order valence-corrected chi connectivity index (χ1v) is 10.7. The summed E-state index contributed by atoms with van der Waals surface area (Å²) in [5.74, 6) is -0.848. The van der Waals surface area contributed by atoms with Gasteiger partial charge in [-0.2, -0.15) is 4.72 Å². The van der Waals surface area contributed by atoms with E-state index in [0.717, 1.165) is 12.8 Å². The minimum Gasteiger partial charge on any atom is -0.462 e. The van der Waals surface area contributed by atoms with Crippen LogP contribution in [-0.4, -0.2) is 38.1 Å². The summed E-state index contributed by atoms with van der Waals surface area (Å²) in [7, 11) is -3.97. The van der Waals surface area contributed by atoms with Crippen LogP contribution in [0.25, 0.3) is 0 Å². The van der Waals surface area contributed by atoms with Gasteiger partial charge >= 0.3 is 5.97 Å². The Morgan fingerprint density at radius 1 is 1.21 bits per heavy atom. The fourth-order valence-electron chi connectivity index (χ4n) is 2.54. The summed E-state index contributed by atoms with van der Waals surface area (Å²) in [6.07, 6.45) is 1.72. The highest BCUT2D eigenvalue weighted by molar-refractivity contribution is 7.89. The van der Waals surface area contributed by atoms with Crippen LogP contribution in [0.2, 0.25) is 0 Å². The van der Waals surface area contributed by atoms with Crippen LogP contribution in [0.15, 0.2) is 33.7 Å². The van der Waals surface area contributed by atoms with Gasteiger partial charge in [-0.3, -0.25) is 4.79 Å². The number of sulfonamides is 1. The monoisotopic (exact) mass is 423 g/mol. The molecule has 1 amide bonds. The lowest BCUT2D eigenvalue weighted by Gasteiger charge is -2.14. The van der Waals surface area contributed by atoms with E-state index in [1.807, 2.05) is 6.92 Å². The fourth-order valence-corrected chi connectivity index (χ4v) is 4.07. The molecule has 0 radical (unpaired) electrons. The van der Waals surface area contributed by atoms with Crippen LogP contribution in [0.4, 0.5) is 5.69 Å². The number of carbonyl (C=O) groups excluding carboxylic acids is 2. The van der Waals surface area contributed by atoms with Crippen molar-refractivity contribution in [1.29, 1.82) is 0 Å². The Kier molecular flexibility index (Phi) is 7.52. The molecule has 1 aromatic carbocycles. The lowest BCUT2D eigenvalue weighted by Crippen LogP contribution is -2.41. The van der Waals surface area contributed by atoms with E-state index >= 15 is 0 Å². The Morgan fingerprint density at radius 3 is 2.41 bits per heavy atom. The molecule has 1 aromatic heterocycles. The number of amides is 1. The number of aryl methyl sites for hydroxylation is 2. The minimum atomic E-state index is -3.97. The van der Waals surface area contributed by atoms with Crippen LogP contribution >= 0.6 is 0 Å². The number of rotatable bonds is 9. The third-order valence-corrected chi connectivity index (χ3v) is 5.87. The topological polar surface area (TPSA) is 128 Å². The van der Waals surface area contributed by atoms with Crippen molar-refractivity contribution in [2.24, 2.45) is 0 Å². The first-order chi connectivity index (χ1) is 13.7. The van der Waals surface area contributed by atoms with E-state index in [2.05, 4.69) is 15.2 Å². The summed E-state index contributed by atoms with van der Waals surface area (Å²) in [6, 6.07) is 5.10. The molecule has 29 heavy (non-hydrogen) atoms. The van der Waals surface area contributed by atoms with E-state index < -0.39 is 27.9 Å². The maximum atomic E-state index is 12.5. The first kappa shape index (κ1) is 22.6. The number of hydrogen-bond donors (Lipinski definition) is 2. The van der Waals surface area contributed by atoms with Gasteiger partial charge in [-0.1, -0.05) is 18.5 Å². The number of hydrogen-bond acceptors (Lipinski definition) is 7. The van der Waals surface area contributed by atoms with Gasteiger partial charge in [0, 0.05) is 5.69 Å². The lowest BCUT2D eigenvalue weighted by molar-refractivity contribution is -0.117. The standard InChI is InChI=1S/C19H25N3O6S/c1-5-6-11-27-19(24)15-7-9-16(10-8-15)20-18(23)13(3)22-29(25,26)17-12(2)21-28-14(17)4/h7-10,13,22H,5-6,11H2,1-4H3,(H,20,23)/t13-/m0/s1. The number of anilines is 1. The van der Waals surface area contributed by atoms with Gasteiger partial charge < -0.3 is 14.6 Å². The summed E-state index contributed by atoms with van der Waals surface area (Å²) in [4.78, 5) is 24.2. The van der Waals surface area contributed by atoms with Crippen LogP contribution in [0.5, 0.6) is 0 Å². The molecular formula is C19H25N3O6S. The lowest BCUT2D eigenvalue weighted by atomic mass is 10.2. The maximum Gasteiger partial charge on any atom is 0.338 e. The second-order valence-electron chi connectivity index (χ2n) is 6.55. The summed E-state index contributed by atoms with van der Waals surface area (Å²) in [6.45, 7) is 6.76. The van der Waals surface area contributed by atoms with Crippen molar-refractivity contribution in [3.05, 3.63) is 41.3 Å². The van der Waals surface area contributed by atoms with E-state index in [1.54, 1.807) is 12.1 Å². The predicted molar refractivity (Wildman–Crippen MR) is 106 cm³/mol. The second kappa shape index (κ2) is 9.66. The second-order valence-corrected chi connectivity index (χ2v) is 8.20. The van der Waals surface area contributed by atoms with Crippen molar-refractivity contribution in [1.82, 2.24) is 9.88 Å². The molecule has 2 rings (SSSR count). The molecule has 0 aliphatic carbocycles. The zero-order valence-corrected chi connectivity index (χ0v) is 17.6. The van der Waals surface area contributed by atoms with Gasteiger partial charge in [0.25, 0.3) is 0 Å². The average molecular weight is 423 g/mol. The third kappa shape index (κ3) is 5.88. The van der Waals surface area contributed by atoms with E-state index in [-0.39, 0.29) is 16.3 Å². The predicted octanol–water partition coefficient (Wildman–Crippen LogP) is 2.55. The quantitative estimate of drug-likeness (QED) is 0.468. The Labute approximate surface area is 169 Å². The molecular weight excluding hydrogens is 398 g/mol. The molecule has 2 N–H and O–H groups in total. The van der Waals surface area contributed by atoms with Gasteiger partial charge in [0.1, 0.15) is 10.6 Å². The van der Waals surface area contributed by atoms with Gasteiger partial charge in [-0.25, -0.2) is 13.2 Å².